The van der Waals surface area contributed by atoms with Crippen LogP contribution in [-0.2, 0) is 26.9 Å². The first-order valence-corrected chi connectivity index (χ1v) is 10.9. The number of hydrogen-bond acceptors (Lipinski definition) is 6. The number of aryl methyl sites for hydroxylation is 1. The number of benzene rings is 1. The summed E-state index contributed by atoms with van der Waals surface area (Å²) in [6.07, 6.45) is -3.22. The summed E-state index contributed by atoms with van der Waals surface area (Å²) < 4.78 is 52.1. The Kier molecular flexibility index (Phi) is 6.58. The minimum atomic E-state index is -4.46. The molecule has 0 bridgehead atoms. The molecule has 10 heteroatoms. The van der Waals surface area contributed by atoms with Crippen LogP contribution in [0.1, 0.15) is 65.4 Å². The number of ether oxygens (including phenoxy) is 2. The van der Waals surface area contributed by atoms with E-state index in [1.54, 1.807) is 13.0 Å². The summed E-state index contributed by atoms with van der Waals surface area (Å²) in [4.78, 5) is 20.3. The molecule has 0 radical (unpaired) electrons. The lowest BCUT2D eigenvalue weighted by Gasteiger charge is -2.29. The second-order valence-corrected chi connectivity index (χ2v) is 8.45. The highest BCUT2D eigenvalue weighted by atomic mass is 19.4. The van der Waals surface area contributed by atoms with Crippen molar-refractivity contribution in [1.29, 1.82) is 0 Å². The number of carboxylic acids is 1. The Morgan fingerprint density at radius 3 is 2.52 bits per heavy atom. The molecule has 2 N–H and O–H groups in total. The number of halogens is 3. The molecule has 0 amide bonds. The van der Waals surface area contributed by atoms with Gasteiger partial charge in [-0.2, -0.15) is 13.2 Å². The maximum atomic E-state index is 13.5. The van der Waals surface area contributed by atoms with E-state index >= 15 is 0 Å². The van der Waals surface area contributed by atoms with Crippen molar-refractivity contribution in [3.63, 3.8) is 0 Å². The van der Waals surface area contributed by atoms with E-state index in [4.69, 9.17) is 9.47 Å². The Labute approximate surface area is 189 Å². The van der Waals surface area contributed by atoms with Crippen LogP contribution in [0.3, 0.4) is 0 Å². The molecule has 1 aliphatic heterocycles. The van der Waals surface area contributed by atoms with Gasteiger partial charge in [-0.3, -0.25) is 4.79 Å². The molecule has 33 heavy (non-hydrogen) atoms. The summed E-state index contributed by atoms with van der Waals surface area (Å²) in [7, 11) is 0. The van der Waals surface area contributed by atoms with Crippen molar-refractivity contribution in [2.75, 3.05) is 18.5 Å². The van der Waals surface area contributed by atoms with E-state index in [1.165, 1.54) is 13.0 Å². The van der Waals surface area contributed by atoms with E-state index in [1.807, 2.05) is 0 Å². The van der Waals surface area contributed by atoms with Gasteiger partial charge in [0.25, 0.3) is 0 Å². The highest BCUT2D eigenvalue weighted by Crippen LogP contribution is 2.46. The van der Waals surface area contributed by atoms with Crippen LogP contribution >= 0.6 is 0 Å². The van der Waals surface area contributed by atoms with E-state index in [-0.39, 0.29) is 23.6 Å². The molecule has 4 rings (SSSR count). The van der Waals surface area contributed by atoms with Crippen molar-refractivity contribution < 1.29 is 32.5 Å². The fraction of sp³-hybridized carbons (Fsp3) is 0.522. The van der Waals surface area contributed by atoms with Crippen LogP contribution < -0.4 is 5.32 Å². The van der Waals surface area contributed by atoms with Crippen LogP contribution in [-0.4, -0.2) is 34.3 Å². The molecule has 2 aliphatic rings. The zero-order valence-corrected chi connectivity index (χ0v) is 18.4. The maximum absolute atomic E-state index is 13.5. The molecule has 7 nitrogen and oxygen atoms in total. The monoisotopic (exact) mass is 465 g/mol. The van der Waals surface area contributed by atoms with Crippen LogP contribution in [0.25, 0.3) is 0 Å². The Balaban J connectivity index is 1.78. The standard InChI is InChI=1S/C23H26F3N3O4/c1-12-15(5-3-6-16(12)23(24,25)26)20(14-7-8-14)29-21-19(22-32-9-4-10-33-22)17(11-18(30)31)27-13(2)28-21/h3,5-6,14,20,22H,4,7-11H2,1-2H3,(H,30,31)(H,27,28,29). The maximum Gasteiger partial charge on any atom is 0.416 e. The lowest BCUT2D eigenvalue weighted by atomic mass is 9.93. The van der Waals surface area contributed by atoms with Gasteiger partial charge in [0.05, 0.1) is 42.5 Å². The van der Waals surface area contributed by atoms with Gasteiger partial charge in [-0.15, -0.1) is 0 Å². The van der Waals surface area contributed by atoms with E-state index in [9.17, 15) is 23.1 Å². The molecule has 2 heterocycles. The van der Waals surface area contributed by atoms with Gasteiger partial charge in [0, 0.05) is 0 Å². The Morgan fingerprint density at radius 1 is 1.21 bits per heavy atom. The largest absolute Gasteiger partial charge is 0.481 e. The quantitative estimate of drug-likeness (QED) is 0.610. The van der Waals surface area contributed by atoms with Gasteiger partial charge >= 0.3 is 12.1 Å². The van der Waals surface area contributed by atoms with Gasteiger partial charge in [-0.1, -0.05) is 12.1 Å². The molecule has 0 spiro atoms. The summed E-state index contributed by atoms with van der Waals surface area (Å²) in [5.41, 5.74) is 0.687. The first-order chi connectivity index (χ1) is 15.6. The third-order valence-corrected chi connectivity index (χ3v) is 5.92. The summed E-state index contributed by atoms with van der Waals surface area (Å²) in [6.45, 7) is 3.99. The molecule has 1 saturated carbocycles. The Hall–Kier alpha value is -2.72. The van der Waals surface area contributed by atoms with E-state index in [0.29, 0.717) is 42.4 Å². The van der Waals surface area contributed by atoms with Gasteiger partial charge in [-0.25, -0.2) is 9.97 Å². The van der Waals surface area contributed by atoms with Crippen molar-refractivity contribution in [1.82, 2.24) is 9.97 Å². The Morgan fingerprint density at radius 2 is 1.91 bits per heavy atom. The predicted molar refractivity (Wildman–Crippen MR) is 113 cm³/mol. The smallest absolute Gasteiger partial charge is 0.416 e. The molecule has 1 aromatic heterocycles. The minimum Gasteiger partial charge on any atom is -0.481 e. The molecular weight excluding hydrogens is 439 g/mol. The lowest BCUT2D eigenvalue weighted by molar-refractivity contribution is -0.183. The molecule has 1 saturated heterocycles. The first kappa shape index (κ1) is 23.4. The van der Waals surface area contributed by atoms with Crippen molar-refractivity contribution in [3.05, 3.63) is 52.0 Å². The fourth-order valence-electron chi connectivity index (χ4n) is 4.25. The molecule has 1 aliphatic carbocycles. The highest BCUT2D eigenvalue weighted by Gasteiger charge is 2.38. The molecule has 1 unspecified atom stereocenters. The zero-order valence-electron chi connectivity index (χ0n) is 18.4. The van der Waals surface area contributed by atoms with E-state index in [0.717, 1.165) is 18.9 Å². The van der Waals surface area contributed by atoms with Gasteiger partial charge in [0.2, 0.25) is 0 Å². The van der Waals surface area contributed by atoms with Crippen LogP contribution in [0.15, 0.2) is 18.2 Å². The number of alkyl halides is 3. The van der Waals surface area contributed by atoms with E-state index < -0.39 is 30.0 Å². The van der Waals surface area contributed by atoms with Crippen molar-refractivity contribution in [3.8, 4) is 0 Å². The fourth-order valence-corrected chi connectivity index (χ4v) is 4.25. The summed E-state index contributed by atoms with van der Waals surface area (Å²) in [5, 5.41) is 12.7. The average Bonchev–Trinajstić information content (AvgIpc) is 3.57. The summed E-state index contributed by atoms with van der Waals surface area (Å²) in [5.74, 6) is -0.252. The molecule has 2 fully saturated rings. The summed E-state index contributed by atoms with van der Waals surface area (Å²) >= 11 is 0. The van der Waals surface area contributed by atoms with Gasteiger partial charge in [0.1, 0.15) is 11.6 Å². The number of hydrogen-bond donors (Lipinski definition) is 2. The topological polar surface area (TPSA) is 93.6 Å². The van der Waals surface area contributed by atoms with E-state index in [2.05, 4.69) is 15.3 Å². The summed E-state index contributed by atoms with van der Waals surface area (Å²) in [6, 6.07) is 3.76. The number of nitrogens with one attached hydrogen (secondary N) is 1. The van der Waals surface area contributed by atoms with Crippen LogP contribution in [0.5, 0.6) is 0 Å². The van der Waals surface area contributed by atoms with Crippen molar-refractivity contribution in [2.24, 2.45) is 5.92 Å². The highest BCUT2D eigenvalue weighted by molar-refractivity contribution is 5.71. The molecule has 178 valence electrons. The number of carboxylic acid groups (broad SMARTS) is 1. The number of nitrogens with zero attached hydrogens (tertiary/aromatic N) is 2. The lowest BCUT2D eigenvalue weighted by Crippen LogP contribution is -2.25. The predicted octanol–water partition coefficient (Wildman–Crippen LogP) is 4.74. The second-order valence-electron chi connectivity index (χ2n) is 8.45. The third kappa shape index (κ3) is 5.27. The van der Waals surface area contributed by atoms with Crippen LogP contribution in [0.2, 0.25) is 0 Å². The van der Waals surface area contributed by atoms with Gasteiger partial charge in [-0.05, 0) is 56.2 Å². The zero-order chi connectivity index (χ0) is 23.8. The number of aromatic nitrogens is 2. The average molecular weight is 465 g/mol. The van der Waals surface area contributed by atoms with Gasteiger partial charge < -0.3 is 19.9 Å². The van der Waals surface area contributed by atoms with Crippen molar-refractivity contribution >= 4 is 11.8 Å². The molecular formula is C23H26F3N3O4. The Bertz CT molecular complexity index is 1030. The number of rotatable bonds is 7. The van der Waals surface area contributed by atoms with Gasteiger partial charge in [0.15, 0.2) is 6.29 Å². The number of aliphatic carboxylic acids is 1. The second kappa shape index (κ2) is 9.26. The molecule has 1 atom stereocenters. The molecule has 1 aromatic carbocycles. The SMILES string of the molecule is Cc1nc(CC(=O)O)c(C2OCCCO2)c(NC(c2cccc(C(F)(F)F)c2C)C2CC2)n1. The van der Waals surface area contributed by atoms with Crippen molar-refractivity contribution in [2.45, 2.75) is 58.0 Å². The number of carbonyl (C=O) groups is 1. The first-order valence-electron chi connectivity index (χ1n) is 10.9. The normalized spacial score (nSPS) is 18.2. The third-order valence-electron chi connectivity index (χ3n) is 5.92. The van der Waals surface area contributed by atoms with Crippen LogP contribution in [0.4, 0.5) is 19.0 Å². The minimum absolute atomic E-state index is 0.131. The molecule has 2 aromatic rings. The van der Waals surface area contributed by atoms with Crippen LogP contribution in [0, 0.1) is 19.8 Å². The number of anilines is 1.